The molecule has 2 nitrogen and oxygen atoms in total. The van der Waals surface area contributed by atoms with E-state index in [1.807, 2.05) is 6.08 Å². The molecule has 0 atom stereocenters. The Kier molecular flexibility index (Phi) is 4.16. The van der Waals surface area contributed by atoms with Crippen LogP contribution in [0.4, 0.5) is 0 Å². The Labute approximate surface area is 80.6 Å². The number of carbonyl (C=O) groups excluding carboxylic acids is 1. The highest BCUT2D eigenvalue weighted by atomic mass is 16.1. The van der Waals surface area contributed by atoms with Crippen molar-refractivity contribution in [3.05, 3.63) is 12.7 Å². The lowest BCUT2D eigenvalue weighted by molar-refractivity contribution is -0.122. The maximum Gasteiger partial charge on any atom is 0.133 e. The fraction of sp³-hybridized carbons (Fsp3) is 0.727. The highest BCUT2D eigenvalue weighted by Crippen LogP contribution is 2.17. The number of likely N-dealkylation sites (tertiary alicyclic amines) is 1. The molecule has 0 N–H and O–H groups in total. The summed E-state index contributed by atoms with van der Waals surface area (Å²) >= 11 is 0. The van der Waals surface area contributed by atoms with Gasteiger partial charge in [0.05, 0.1) is 0 Å². The zero-order chi connectivity index (χ0) is 9.68. The third-order valence-corrected chi connectivity index (χ3v) is 2.81. The van der Waals surface area contributed by atoms with Crippen molar-refractivity contribution >= 4 is 5.78 Å². The molecule has 0 spiro atoms. The number of ketones is 1. The first-order valence-corrected chi connectivity index (χ1v) is 5.07. The summed E-state index contributed by atoms with van der Waals surface area (Å²) in [6, 6.07) is 0. The number of rotatable bonds is 4. The summed E-state index contributed by atoms with van der Waals surface area (Å²) in [7, 11) is 0. The highest BCUT2D eigenvalue weighted by Gasteiger charge is 2.21. The van der Waals surface area contributed by atoms with E-state index in [1.54, 1.807) is 6.92 Å². The minimum atomic E-state index is 0.333. The molecule has 1 aliphatic heterocycles. The summed E-state index contributed by atoms with van der Waals surface area (Å²) < 4.78 is 0. The molecule has 0 unspecified atom stereocenters. The molecule has 0 bridgehead atoms. The van der Waals surface area contributed by atoms with E-state index in [0.717, 1.165) is 38.9 Å². The van der Waals surface area contributed by atoms with Crippen LogP contribution in [0.2, 0.25) is 0 Å². The molecule has 0 amide bonds. The quantitative estimate of drug-likeness (QED) is 0.617. The fourth-order valence-corrected chi connectivity index (χ4v) is 1.84. The predicted molar refractivity (Wildman–Crippen MR) is 54.7 cm³/mol. The Balaban J connectivity index is 2.22. The number of Topliss-reactive ketones (excluding diaryl/α,β-unsaturated/α-hetero) is 1. The Morgan fingerprint density at radius 3 is 2.62 bits per heavy atom. The molecule has 0 aromatic rings. The van der Waals surface area contributed by atoms with Gasteiger partial charge in [-0.2, -0.15) is 0 Å². The lowest BCUT2D eigenvalue weighted by atomic mass is 9.93. The fourth-order valence-electron chi connectivity index (χ4n) is 1.84. The molecule has 13 heavy (non-hydrogen) atoms. The van der Waals surface area contributed by atoms with Gasteiger partial charge in [0.25, 0.3) is 0 Å². The standard InChI is InChI=1S/C11H19NO/c1-3-4-7-12-8-5-11(6-9-12)10(2)13/h3,11H,1,4-9H2,2H3. The van der Waals surface area contributed by atoms with Crippen molar-refractivity contribution in [1.82, 2.24) is 4.90 Å². The number of hydrogen-bond donors (Lipinski definition) is 0. The van der Waals surface area contributed by atoms with Crippen LogP contribution in [-0.2, 0) is 4.79 Å². The maximum absolute atomic E-state index is 11.1. The first-order valence-electron chi connectivity index (χ1n) is 5.07. The van der Waals surface area contributed by atoms with Crippen LogP contribution in [0.25, 0.3) is 0 Å². The van der Waals surface area contributed by atoms with Gasteiger partial charge in [0.2, 0.25) is 0 Å². The summed E-state index contributed by atoms with van der Waals surface area (Å²) in [4.78, 5) is 13.5. The molecule has 0 aromatic heterocycles. The van der Waals surface area contributed by atoms with Gasteiger partial charge in [0, 0.05) is 12.5 Å². The van der Waals surface area contributed by atoms with Gasteiger partial charge in [-0.25, -0.2) is 0 Å². The van der Waals surface area contributed by atoms with Gasteiger partial charge in [-0.05, 0) is 39.3 Å². The number of carbonyl (C=O) groups is 1. The average Bonchev–Trinajstić information content (AvgIpc) is 2.15. The van der Waals surface area contributed by atoms with Crippen LogP contribution in [0.3, 0.4) is 0 Å². The van der Waals surface area contributed by atoms with E-state index < -0.39 is 0 Å². The Hall–Kier alpha value is -0.630. The summed E-state index contributed by atoms with van der Waals surface area (Å²) in [5.74, 6) is 0.698. The summed E-state index contributed by atoms with van der Waals surface area (Å²) in [5, 5.41) is 0. The van der Waals surface area contributed by atoms with E-state index >= 15 is 0 Å². The topological polar surface area (TPSA) is 20.3 Å². The summed E-state index contributed by atoms with van der Waals surface area (Å²) in [6.45, 7) is 8.69. The SMILES string of the molecule is C=CCCN1CCC(C(C)=O)CC1. The Bertz CT molecular complexity index is 181. The molecule has 1 fully saturated rings. The Morgan fingerprint density at radius 1 is 1.54 bits per heavy atom. The minimum absolute atomic E-state index is 0.333. The highest BCUT2D eigenvalue weighted by molar-refractivity contribution is 5.78. The van der Waals surface area contributed by atoms with Crippen LogP contribution in [0.5, 0.6) is 0 Å². The zero-order valence-corrected chi connectivity index (χ0v) is 8.46. The monoisotopic (exact) mass is 181 g/mol. The molecule has 1 aliphatic rings. The van der Waals surface area contributed by atoms with Crippen LogP contribution in [-0.4, -0.2) is 30.3 Å². The van der Waals surface area contributed by atoms with Gasteiger partial charge in [-0.1, -0.05) is 6.08 Å². The van der Waals surface area contributed by atoms with Gasteiger partial charge in [0.1, 0.15) is 5.78 Å². The normalized spacial score (nSPS) is 20.1. The second-order valence-electron chi connectivity index (χ2n) is 3.80. The molecule has 0 aliphatic carbocycles. The molecule has 2 heteroatoms. The van der Waals surface area contributed by atoms with Crippen molar-refractivity contribution < 1.29 is 4.79 Å². The van der Waals surface area contributed by atoms with Crippen LogP contribution in [0, 0.1) is 5.92 Å². The van der Waals surface area contributed by atoms with Crippen molar-refractivity contribution in [3.63, 3.8) is 0 Å². The molecule has 1 rings (SSSR count). The smallest absolute Gasteiger partial charge is 0.133 e. The van der Waals surface area contributed by atoms with E-state index in [1.165, 1.54) is 0 Å². The zero-order valence-electron chi connectivity index (χ0n) is 8.46. The molecular formula is C11H19NO. The lowest BCUT2D eigenvalue weighted by Crippen LogP contribution is -2.36. The first-order chi connectivity index (χ1) is 6.24. The van der Waals surface area contributed by atoms with Crippen LogP contribution < -0.4 is 0 Å². The average molecular weight is 181 g/mol. The van der Waals surface area contributed by atoms with Gasteiger partial charge in [-0.3, -0.25) is 4.79 Å². The van der Waals surface area contributed by atoms with E-state index in [0.29, 0.717) is 11.7 Å². The van der Waals surface area contributed by atoms with Gasteiger partial charge in [0.15, 0.2) is 0 Å². The van der Waals surface area contributed by atoms with Crippen LogP contribution in [0.15, 0.2) is 12.7 Å². The second-order valence-corrected chi connectivity index (χ2v) is 3.80. The molecule has 0 saturated carbocycles. The van der Waals surface area contributed by atoms with Gasteiger partial charge < -0.3 is 4.90 Å². The second kappa shape index (κ2) is 5.18. The number of nitrogens with zero attached hydrogens (tertiary/aromatic N) is 1. The van der Waals surface area contributed by atoms with E-state index in [2.05, 4.69) is 11.5 Å². The summed E-state index contributed by atoms with van der Waals surface area (Å²) in [5.41, 5.74) is 0. The third-order valence-electron chi connectivity index (χ3n) is 2.81. The summed E-state index contributed by atoms with van der Waals surface area (Å²) in [6.07, 6.45) is 5.11. The van der Waals surface area contributed by atoms with Crippen molar-refractivity contribution in [2.45, 2.75) is 26.2 Å². The molecular weight excluding hydrogens is 162 g/mol. The lowest BCUT2D eigenvalue weighted by Gasteiger charge is -2.30. The molecule has 1 saturated heterocycles. The van der Waals surface area contributed by atoms with Crippen molar-refractivity contribution in [3.8, 4) is 0 Å². The van der Waals surface area contributed by atoms with E-state index in [9.17, 15) is 4.79 Å². The van der Waals surface area contributed by atoms with Crippen molar-refractivity contribution in [1.29, 1.82) is 0 Å². The van der Waals surface area contributed by atoms with E-state index in [4.69, 9.17) is 0 Å². The van der Waals surface area contributed by atoms with Gasteiger partial charge in [-0.15, -0.1) is 6.58 Å². The molecule has 74 valence electrons. The van der Waals surface area contributed by atoms with Crippen molar-refractivity contribution in [2.24, 2.45) is 5.92 Å². The third kappa shape index (κ3) is 3.31. The maximum atomic E-state index is 11.1. The van der Waals surface area contributed by atoms with Gasteiger partial charge >= 0.3 is 0 Å². The number of piperidine rings is 1. The molecule has 0 aromatic carbocycles. The van der Waals surface area contributed by atoms with Crippen LogP contribution >= 0.6 is 0 Å². The molecule has 1 heterocycles. The number of hydrogen-bond acceptors (Lipinski definition) is 2. The predicted octanol–water partition coefficient (Wildman–Crippen LogP) is 1.86. The largest absolute Gasteiger partial charge is 0.303 e. The minimum Gasteiger partial charge on any atom is -0.303 e. The van der Waals surface area contributed by atoms with Crippen LogP contribution in [0.1, 0.15) is 26.2 Å². The van der Waals surface area contributed by atoms with E-state index in [-0.39, 0.29) is 0 Å². The Morgan fingerprint density at radius 2 is 2.15 bits per heavy atom. The van der Waals surface area contributed by atoms with Crippen molar-refractivity contribution in [2.75, 3.05) is 19.6 Å². The first kappa shape index (κ1) is 10.5. The molecule has 0 radical (unpaired) electrons.